The third-order valence-corrected chi connectivity index (χ3v) is 2.83. The maximum atomic E-state index is 11.6. The van der Waals surface area contributed by atoms with Crippen LogP contribution in [0.3, 0.4) is 0 Å². The zero-order valence-electron chi connectivity index (χ0n) is 11.3. The first kappa shape index (κ1) is 15.0. The Kier molecular flexibility index (Phi) is 5.36. The van der Waals surface area contributed by atoms with Gasteiger partial charge in [0.05, 0.1) is 5.56 Å². The molecule has 0 aliphatic heterocycles. The van der Waals surface area contributed by atoms with Crippen LogP contribution in [0, 0.1) is 5.92 Å². The lowest BCUT2D eigenvalue weighted by Crippen LogP contribution is -2.38. The van der Waals surface area contributed by atoms with Crippen LogP contribution in [0.1, 0.15) is 31.1 Å². The van der Waals surface area contributed by atoms with Gasteiger partial charge < -0.3 is 15.2 Å². The van der Waals surface area contributed by atoms with E-state index in [9.17, 15) is 9.59 Å². The number of ether oxygens (including phenoxy) is 1. The largest absolute Gasteiger partial charge is 0.508 e. The number of carbonyl (C=O) groups excluding carboxylic acids is 2. The van der Waals surface area contributed by atoms with Gasteiger partial charge in [0.25, 0.3) is 5.91 Å². The molecule has 0 aromatic heterocycles. The van der Waals surface area contributed by atoms with Crippen molar-refractivity contribution in [2.24, 2.45) is 5.92 Å². The minimum Gasteiger partial charge on any atom is -0.508 e. The zero-order valence-corrected chi connectivity index (χ0v) is 11.3. The number of rotatable bonds is 5. The number of amides is 1. The smallest absolute Gasteiger partial charge is 0.338 e. The van der Waals surface area contributed by atoms with E-state index in [4.69, 9.17) is 9.84 Å². The lowest BCUT2D eigenvalue weighted by molar-refractivity contribution is -0.125. The van der Waals surface area contributed by atoms with E-state index in [1.807, 2.05) is 20.8 Å². The number of aromatic hydroxyl groups is 1. The van der Waals surface area contributed by atoms with Crippen molar-refractivity contribution in [3.63, 3.8) is 0 Å². The van der Waals surface area contributed by atoms with Crippen LogP contribution in [0.25, 0.3) is 0 Å². The quantitative estimate of drug-likeness (QED) is 0.795. The normalized spacial score (nSPS) is 12.0. The summed E-state index contributed by atoms with van der Waals surface area (Å²) in [4.78, 5) is 23.1. The Hall–Kier alpha value is -2.04. The minimum atomic E-state index is -0.590. The van der Waals surface area contributed by atoms with Gasteiger partial charge in [0.2, 0.25) is 0 Å². The molecule has 0 radical (unpaired) electrons. The number of carbonyl (C=O) groups is 2. The first-order valence-electron chi connectivity index (χ1n) is 6.15. The van der Waals surface area contributed by atoms with E-state index >= 15 is 0 Å². The molecule has 1 amide bonds. The average Bonchev–Trinajstić information content (AvgIpc) is 2.36. The molecule has 0 aliphatic rings. The van der Waals surface area contributed by atoms with Crippen LogP contribution in [0.2, 0.25) is 0 Å². The topological polar surface area (TPSA) is 75.6 Å². The molecule has 0 fully saturated rings. The Morgan fingerprint density at radius 2 is 1.79 bits per heavy atom. The molecule has 1 atom stereocenters. The van der Waals surface area contributed by atoms with Crippen LogP contribution in [0.15, 0.2) is 24.3 Å². The van der Waals surface area contributed by atoms with Crippen LogP contribution in [0.4, 0.5) is 0 Å². The molecule has 104 valence electrons. The van der Waals surface area contributed by atoms with Gasteiger partial charge in [-0.05, 0) is 37.1 Å². The van der Waals surface area contributed by atoms with Gasteiger partial charge in [0, 0.05) is 6.04 Å². The highest BCUT2D eigenvalue weighted by Crippen LogP contribution is 2.10. The van der Waals surface area contributed by atoms with Gasteiger partial charge >= 0.3 is 5.97 Å². The Morgan fingerprint density at radius 3 is 2.32 bits per heavy atom. The number of hydrogen-bond acceptors (Lipinski definition) is 4. The molecule has 5 nitrogen and oxygen atoms in total. The number of phenols is 1. The number of benzene rings is 1. The third kappa shape index (κ3) is 4.99. The molecule has 0 spiro atoms. The second kappa shape index (κ2) is 6.78. The highest BCUT2D eigenvalue weighted by Gasteiger charge is 2.13. The highest BCUT2D eigenvalue weighted by molar-refractivity contribution is 5.91. The van der Waals surface area contributed by atoms with E-state index in [1.54, 1.807) is 0 Å². The summed E-state index contributed by atoms with van der Waals surface area (Å²) in [7, 11) is 0. The summed E-state index contributed by atoms with van der Waals surface area (Å²) in [6, 6.07) is 5.67. The van der Waals surface area contributed by atoms with Crippen LogP contribution in [-0.2, 0) is 9.53 Å². The minimum absolute atomic E-state index is 0.0277. The predicted molar refractivity (Wildman–Crippen MR) is 70.8 cm³/mol. The summed E-state index contributed by atoms with van der Waals surface area (Å²) in [5, 5.41) is 11.8. The Morgan fingerprint density at radius 1 is 1.21 bits per heavy atom. The van der Waals surface area contributed by atoms with Crippen LogP contribution in [-0.4, -0.2) is 29.6 Å². The van der Waals surface area contributed by atoms with Crippen LogP contribution < -0.4 is 5.32 Å². The SMILES string of the molecule is CC(C)C(C)NC(=O)COC(=O)c1ccc(O)cc1. The van der Waals surface area contributed by atoms with E-state index < -0.39 is 5.97 Å². The van der Waals surface area contributed by atoms with Crippen molar-refractivity contribution in [2.45, 2.75) is 26.8 Å². The van der Waals surface area contributed by atoms with Crippen molar-refractivity contribution in [3.05, 3.63) is 29.8 Å². The molecule has 1 unspecified atom stereocenters. The lowest BCUT2D eigenvalue weighted by Gasteiger charge is -2.17. The van der Waals surface area contributed by atoms with Crippen LogP contribution >= 0.6 is 0 Å². The lowest BCUT2D eigenvalue weighted by atomic mass is 10.1. The number of esters is 1. The van der Waals surface area contributed by atoms with Crippen molar-refractivity contribution in [3.8, 4) is 5.75 Å². The molecular formula is C14H19NO4. The van der Waals surface area contributed by atoms with Crippen LogP contribution in [0.5, 0.6) is 5.75 Å². The fourth-order valence-electron chi connectivity index (χ4n) is 1.27. The van der Waals surface area contributed by atoms with Gasteiger partial charge in [0.1, 0.15) is 5.75 Å². The fraction of sp³-hybridized carbons (Fsp3) is 0.429. The Bertz CT molecular complexity index is 439. The first-order valence-corrected chi connectivity index (χ1v) is 6.15. The van der Waals surface area contributed by atoms with Gasteiger partial charge in [-0.2, -0.15) is 0 Å². The monoisotopic (exact) mass is 265 g/mol. The van der Waals surface area contributed by atoms with E-state index in [1.165, 1.54) is 24.3 Å². The number of phenolic OH excluding ortho intramolecular Hbond substituents is 1. The fourth-order valence-corrected chi connectivity index (χ4v) is 1.27. The van der Waals surface area contributed by atoms with Crippen molar-refractivity contribution < 1.29 is 19.4 Å². The Labute approximate surface area is 112 Å². The maximum Gasteiger partial charge on any atom is 0.338 e. The molecule has 0 aliphatic carbocycles. The molecule has 2 N–H and O–H groups in total. The molecule has 0 saturated heterocycles. The van der Waals surface area contributed by atoms with Crippen molar-refractivity contribution >= 4 is 11.9 Å². The number of hydrogen-bond donors (Lipinski definition) is 2. The maximum absolute atomic E-state index is 11.6. The zero-order chi connectivity index (χ0) is 14.4. The molecule has 0 heterocycles. The van der Waals surface area contributed by atoms with E-state index in [0.29, 0.717) is 11.5 Å². The third-order valence-electron chi connectivity index (χ3n) is 2.83. The second-order valence-electron chi connectivity index (χ2n) is 4.72. The predicted octanol–water partition coefficient (Wildman–Crippen LogP) is 1.71. The molecule has 0 bridgehead atoms. The van der Waals surface area contributed by atoms with Gasteiger partial charge in [0.15, 0.2) is 6.61 Å². The van der Waals surface area contributed by atoms with Gasteiger partial charge in [-0.3, -0.25) is 4.79 Å². The van der Waals surface area contributed by atoms with Crippen molar-refractivity contribution in [2.75, 3.05) is 6.61 Å². The van der Waals surface area contributed by atoms with Gasteiger partial charge in [-0.15, -0.1) is 0 Å². The van der Waals surface area contributed by atoms with Gasteiger partial charge in [-0.25, -0.2) is 4.79 Å². The standard InChI is InChI=1S/C14H19NO4/c1-9(2)10(3)15-13(17)8-19-14(18)11-4-6-12(16)7-5-11/h4-7,9-10,16H,8H2,1-3H3,(H,15,17). The second-order valence-corrected chi connectivity index (χ2v) is 4.72. The van der Waals surface area contributed by atoms with E-state index in [-0.39, 0.29) is 24.3 Å². The molecule has 1 aromatic carbocycles. The number of nitrogens with one attached hydrogen (secondary N) is 1. The molecule has 19 heavy (non-hydrogen) atoms. The van der Waals surface area contributed by atoms with Crippen molar-refractivity contribution in [1.29, 1.82) is 0 Å². The Balaban J connectivity index is 2.42. The van der Waals surface area contributed by atoms with E-state index in [2.05, 4.69) is 5.32 Å². The van der Waals surface area contributed by atoms with E-state index in [0.717, 1.165) is 0 Å². The first-order chi connectivity index (χ1) is 8.90. The molecule has 1 rings (SSSR count). The summed E-state index contributed by atoms with van der Waals surface area (Å²) >= 11 is 0. The molecular weight excluding hydrogens is 246 g/mol. The summed E-state index contributed by atoms with van der Waals surface area (Å²) in [5.41, 5.74) is 0.294. The summed E-state index contributed by atoms with van der Waals surface area (Å²) in [5.74, 6) is -0.530. The molecule has 1 aromatic rings. The molecule has 0 saturated carbocycles. The summed E-state index contributed by atoms with van der Waals surface area (Å²) in [6.45, 7) is 5.57. The highest BCUT2D eigenvalue weighted by atomic mass is 16.5. The molecule has 5 heteroatoms. The average molecular weight is 265 g/mol. The van der Waals surface area contributed by atoms with Crippen molar-refractivity contribution in [1.82, 2.24) is 5.32 Å². The van der Waals surface area contributed by atoms with Gasteiger partial charge in [-0.1, -0.05) is 13.8 Å². The summed E-state index contributed by atoms with van der Waals surface area (Å²) < 4.78 is 4.88. The summed E-state index contributed by atoms with van der Waals surface area (Å²) in [6.07, 6.45) is 0.